The van der Waals surface area contributed by atoms with E-state index < -0.39 is 20.2 Å². The number of rotatable bonds is 2. The van der Waals surface area contributed by atoms with Crippen LogP contribution in [0.15, 0.2) is 97.1 Å². The van der Waals surface area contributed by atoms with Crippen molar-refractivity contribution in [3.63, 3.8) is 0 Å². The minimum atomic E-state index is -2.19. The van der Waals surface area contributed by atoms with Gasteiger partial charge in [-0.05, 0) is 0 Å². The molecule has 0 unspecified atom stereocenters. The summed E-state index contributed by atoms with van der Waals surface area (Å²) in [4.78, 5) is 0. The molecule has 0 atom stereocenters. The van der Waals surface area contributed by atoms with Crippen molar-refractivity contribution in [1.29, 1.82) is 0 Å². The summed E-state index contributed by atoms with van der Waals surface area (Å²) in [7, 11) is 0. The van der Waals surface area contributed by atoms with Gasteiger partial charge in [-0.1, -0.05) is 0 Å². The Labute approximate surface area is 162 Å². The Morgan fingerprint density at radius 1 is 0.654 bits per heavy atom. The first-order chi connectivity index (χ1) is 12.8. The van der Waals surface area contributed by atoms with Crippen molar-refractivity contribution in [2.24, 2.45) is 0 Å². The summed E-state index contributed by atoms with van der Waals surface area (Å²) in [6.07, 6.45) is 0. The molecule has 124 valence electrons. The number of aryl methyl sites for hydroxylation is 1. The van der Waals surface area contributed by atoms with Crippen LogP contribution in [0.4, 0.5) is 0 Å². The predicted octanol–water partition coefficient (Wildman–Crippen LogP) is 4.35. The molecule has 0 bridgehead atoms. The predicted molar refractivity (Wildman–Crippen MR) is 113 cm³/mol. The molecule has 0 aromatic heterocycles. The van der Waals surface area contributed by atoms with E-state index in [0.29, 0.717) is 0 Å². The Hall–Kier alpha value is -2.48. The zero-order valence-corrected chi connectivity index (χ0v) is 17.2. The van der Waals surface area contributed by atoms with Gasteiger partial charge in [0.05, 0.1) is 0 Å². The first kappa shape index (κ1) is 17.0. The van der Waals surface area contributed by atoms with E-state index in [2.05, 4.69) is 108 Å². The van der Waals surface area contributed by atoms with Gasteiger partial charge >= 0.3 is 163 Å². The molecule has 0 fully saturated rings. The summed E-state index contributed by atoms with van der Waals surface area (Å²) in [6.45, 7) is 2.14. The normalized spacial score (nSPS) is 10.5. The van der Waals surface area contributed by atoms with Crippen molar-refractivity contribution in [3.8, 4) is 9.79 Å². The maximum absolute atomic E-state index is 3.71. The average molecular weight is 441 g/mol. The Morgan fingerprint density at radius 2 is 1.35 bits per heavy atom. The van der Waals surface area contributed by atoms with Crippen molar-refractivity contribution < 1.29 is 0 Å². The fraction of sp³-hybridized carbons (Fsp3) is 0.0400. The summed E-state index contributed by atoms with van der Waals surface area (Å²) in [5.74, 6) is 3.45. The molecule has 0 aliphatic heterocycles. The molecular formula is C25H19Sb. The molecule has 0 amide bonds. The summed E-state index contributed by atoms with van der Waals surface area (Å²) >= 11 is -2.19. The average Bonchev–Trinajstić information content (AvgIpc) is 2.70. The number of hydrogen-bond acceptors (Lipinski definition) is 0. The van der Waals surface area contributed by atoms with Crippen molar-refractivity contribution in [2.45, 2.75) is 6.92 Å². The van der Waals surface area contributed by atoms with Crippen molar-refractivity contribution >= 4 is 38.0 Å². The van der Waals surface area contributed by atoms with Crippen molar-refractivity contribution in [3.05, 3.63) is 108 Å². The fourth-order valence-corrected chi connectivity index (χ4v) is 8.41. The third kappa shape index (κ3) is 3.69. The van der Waals surface area contributed by atoms with E-state index in [0.717, 1.165) is 5.56 Å². The van der Waals surface area contributed by atoms with E-state index in [4.69, 9.17) is 0 Å². The zero-order chi connectivity index (χ0) is 17.8. The van der Waals surface area contributed by atoms with Crippen LogP contribution >= 0.6 is 0 Å². The van der Waals surface area contributed by atoms with Gasteiger partial charge in [-0.15, -0.1) is 0 Å². The molecule has 4 aromatic rings. The van der Waals surface area contributed by atoms with Crippen LogP contribution in [0.2, 0.25) is 0 Å². The van der Waals surface area contributed by atoms with Crippen molar-refractivity contribution in [2.75, 3.05) is 0 Å². The topological polar surface area (TPSA) is 0 Å². The molecule has 4 rings (SSSR count). The molecule has 26 heavy (non-hydrogen) atoms. The van der Waals surface area contributed by atoms with Crippen LogP contribution in [0, 0.1) is 16.7 Å². The molecular weight excluding hydrogens is 422 g/mol. The van der Waals surface area contributed by atoms with Gasteiger partial charge in [0.1, 0.15) is 0 Å². The van der Waals surface area contributed by atoms with Gasteiger partial charge in [0.15, 0.2) is 0 Å². The Bertz CT molecular complexity index is 1080. The van der Waals surface area contributed by atoms with E-state index in [1.807, 2.05) is 6.07 Å². The first-order valence-corrected chi connectivity index (χ1v) is 12.6. The third-order valence-corrected chi connectivity index (χ3v) is 10.2. The number of fused-ring (bicyclic) bond motifs is 1. The van der Waals surface area contributed by atoms with Crippen LogP contribution in [0.5, 0.6) is 0 Å². The summed E-state index contributed by atoms with van der Waals surface area (Å²) in [5, 5.41) is 2.65. The van der Waals surface area contributed by atoms with Crippen LogP contribution in [0.1, 0.15) is 11.1 Å². The second kappa shape index (κ2) is 7.82. The van der Waals surface area contributed by atoms with Gasteiger partial charge in [-0.25, -0.2) is 0 Å². The van der Waals surface area contributed by atoms with Gasteiger partial charge in [0.2, 0.25) is 0 Å². The molecule has 0 radical (unpaired) electrons. The standard InChI is InChI=1S/C10H7.C8H5.C7H7.Sb/c1-2-6-10-8-4-3-7-9(10)5-1;1-2-8-6-4-3-5-7-8;1-7-5-3-2-4-6-7;/h1-7H;3-7H;3-6H,1H3;. The van der Waals surface area contributed by atoms with Gasteiger partial charge in [0.25, 0.3) is 0 Å². The monoisotopic (exact) mass is 440 g/mol. The zero-order valence-electron chi connectivity index (χ0n) is 14.7. The van der Waals surface area contributed by atoms with Gasteiger partial charge in [-0.3, -0.25) is 0 Å². The molecule has 0 N–H and O–H groups in total. The summed E-state index contributed by atoms with van der Waals surface area (Å²) in [6, 6.07) is 34.6. The van der Waals surface area contributed by atoms with E-state index in [9.17, 15) is 0 Å². The Kier molecular flexibility index (Phi) is 5.10. The van der Waals surface area contributed by atoms with E-state index in [-0.39, 0.29) is 0 Å². The third-order valence-electron chi connectivity index (χ3n) is 4.39. The quantitative estimate of drug-likeness (QED) is 0.321. The molecule has 4 aromatic carbocycles. The summed E-state index contributed by atoms with van der Waals surface area (Å²) in [5.41, 5.74) is 2.39. The molecule has 1 heteroatoms. The fourth-order valence-electron chi connectivity index (χ4n) is 3.00. The van der Waals surface area contributed by atoms with Crippen molar-refractivity contribution in [1.82, 2.24) is 0 Å². The second-order valence-corrected chi connectivity index (χ2v) is 11.7. The van der Waals surface area contributed by atoms with E-state index in [1.165, 1.54) is 23.4 Å². The molecule has 0 aliphatic rings. The molecule has 0 saturated heterocycles. The second-order valence-electron chi connectivity index (χ2n) is 6.27. The van der Waals surface area contributed by atoms with Gasteiger partial charge in [-0.2, -0.15) is 0 Å². The summed E-state index contributed by atoms with van der Waals surface area (Å²) < 4.78 is 6.57. The first-order valence-electron chi connectivity index (χ1n) is 8.72. The Balaban J connectivity index is 1.88. The minimum absolute atomic E-state index is 1.09. The van der Waals surface area contributed by atoms with Gasteiger partial charge < -0.3 is 0 Å². The number of hydrogen-bond donors (Lipinski definition) is 0. The molecule has 0 nitrogen and oxygen atoms in total. The molecule has 0 aliphatic carbocycles. The molecule has 0 spiro atoms. The van der Waals surface area contributed by atoms with Crippen LogP contribution in [0.25, 0.3) is 10.8 Å². The van der Waals surface area contributed by atoms with Gasteiger partial charge in [0, 0.05) is 0 Å². The van der Waals surface area contributed by atoms with Crippen LogP contribution in [-0.2, 0) is 0 Å². The maximum atomic E-state index is 3.71. The van der Waals surface area contributed by atoms with Crippen LogP contribution < -0.4 is 7.02 Å². The van der Waals surface area contributed by atoms with E-state index >= 15 is 0 Å². The van der Waals surface area contributed by atoms with E-state index in [1.54, 1.807) is 0 Å². The SMILES string of the molecule is Cc1cc[c]([Sb]([C]#Cc2ccccc2)[c]2cccc3ccccc23)cc1. The van der Waals surface area contributed by atoms with Crippen LogP contribution in [0.3, 0.4) is 0 Å². The molecule has 0 saturated carbocycles. The molecule has 0 heterocycles. The Morgan fingerprint density at radius 3 is 2.15 bits per heavy atom. The van der Waals surface area contributed by atoms with Crippen LogP contribution in [-0.4, -0.2) is 20.2 Å². The number of benzene rings is 4.